The van der Waals surface area contributed by atoms with Gasteiger partial charge in [-0.05, 0) is 18.9 Å². The SMILES string of the molecule is NCC(O)c1ccc(N2CCCC2)o1. The lowest BCUT2D eigenvalue weighted by Crippen LogP contribution is -2.16. The van der Waals surface area contributed by atoms with Crippen LogP contribution in [0.3, 0.4) is 0 Å². The van der Waals surface area contributed by atoms with Crippen LogP contribution >= 0.6 is 0 Å². The van der Waals surface area contributed by atoms with Crippen LogP contribution < -0.4 is 10.6 Å². The topological polar surface area (TPSA) is 62.6 Å². The van der Waals surface area contributed by atoms with Gasteiger partial charge in [0.1, 0.15) is 11.9 Å². The molecule has 1 saturated heterocycles. The lowest BCUT2D eigenvalue weighted by Gasteiger charge is -2.13. The Hall–Kier alpha value is -1.00. The molecule has 1 unspecified atom stereocenters. The molecule has 1 fully saturated rings. The van der Waals surface area contributed by atoms with Crippen molar-refractivity contribution in [2.75, 3.05) is 24.5 Å². The molecule has 1 aromatic heterocycles. The summed E-state index contributed by atoms with van der Waals surface area (Å²) in [5, 5.41) is 9.45. The Kier molecular flexibility index (Phi) is 2.74. The summed E-state index contributed by atoms with van der Waals surface area (Å²) in [5.74, 6) is 1.42. The van der Waals surface area contributed by atoms with Crippen LogP contribution in [-0.2, 0) is 0 Å². The summed E-state index contributed by atoms with van der Waals surface area (Å²) in [7, 11) is 0. The Labute approximate surface area is 83.3 Å². The van der Waals surface area contributed by atoms with Crippen molar-refractivity contribution in [3.05, 3.63) is 17.9 Å². The third kappa shape index (κ3) is 1.76. The smallest absolute Gasteiger partial charge is 0.195 e. The molecule has 14 heavy (non-hydrogen) atoms. The van der Waals surface area contributed by atoms with Crippen molar-refractivity contribution >= 4 is 5.88 Å². The average molecular weight is 196 g/mol. The molecule has 0 amide bonds. The maximum atomic E-state index is 9.45. The van der Waals surface area contributed by atoms with Crippen LogP contribution in [0, 0.1) is 0 Å². The first-order valence-corrected chi connectivity index (χ1v) is 5.04. The minimum Gasteiger partial charge on any atom is -0.443 e. The quantitative estimate of drug-likeness (QED) is 0.753. The van der Waals surface area contributed by atoms with Crippen LogP contribution in [0.4, 0.5) is 5.88 Å². The third-order valence-corrected chi connectivity index (χ3v) is 2.58. The van der Waals surface area contributed by atoms with Crippen molar-refractivity contribution in [1.29, 1.82) is 0 Å². The van der Waals surface area contributed by atoms with Gasteiger partial charge in [-0.15, -0.1) is 0 Å². The first-order chi connectivity index (χ1) is 6.81. The second-order valence-corrected chi connectivity index (χ2v) is 3.62. The van der Waals surface area contributed by atoms with Crippen LogP contribution in [-0.4, -0.2) is 24.7 Å². The molecule has 1 aromatic rings. The van der Waals surface area contributed by atoms with E-state index in [9.17, 15) is 5.11 Å². The van der Waals surface area contributed by atoms with E-state index in [0.717, 1.165) is 19.0 Å². The molecule has 2 rings (SSSR count). The van der Waals surface area contributed by atoms with Gasteiger partial charge in [-0.25, -0.2) is 0 Å². The van der Waals surface area contributed by atoms with E-state index in [0.29, 0.717) is 5.76 Å². The summed E-state index contributed by atoms with van der Waals surface area (Å²) in [6, 6.07) is 3.70. The van der Waals surface area contributed by atoms with Gasteiger partial charge in [-0.2, -0.15) is 0 Å². The van der Waals surface area contributed by atoms with E-state index in [1.807, 2.05) is 6.07 Å². The Morgan fingerprint density at radius 1 is 1.43 bits per heavy atom. The number of nitrogens with zero attached hydrogens (tertiary/aromatic N) is 1. The molecule has 0 bridgehead atoms. The number of anilines is 1. The van der Waals surface area contributed by atoms with Gasteiger partial charge >= 0.3 is 0 Å². The van der Waals surface area contributed by atoms with E-state index in [4.69, 9.17) is 10.2 Å². The van der Waals surface area contributed by atoms with Crippen molar-refractivity contribution in [2.24, 2.45) is 5.73 Å². The number of furan rings is 1. The van der Waals surface area contributed by atoms with E-state index in [-0.39, 0.29) is 6.54 Å². The Bertz CT molecular complexity index is 292. The Morgan fingerprint density at radius 3 is 2.79 bits per heavy atom. The zero-order chi connectivity index (χ0) is 9.97. The van der Waals surface area contributed by atoms with Crippen molar-refractivity contribution in [3.63, 3.8) is 0 Å². The summed E-state index contributed by atoms with van der Waals surface area (Å²) in [6.45, 7) is 2.30. The third-order valence-electron chi connectivity index (χ3n) is 2.58. The van der Waals surface area contributed by atoms with E-state index in [1.54, 1.807) is 6.07 Å². The van der Waals surface area contributed by atoms with Crippen LogP contribution in [0.5, 0.6) is 0 Å². The molecule has 3 N–H and O–H groups in total. The number of hydrogen-bond acceptors (Lipinski definition) is 4. The summed E-state index contributed by atoms with van der Waals surface area (Å²) < 4.78 is 5.52. The van der Waals surface area contributed by atoms with Crippen molar-refractivity contribution in [1.82, 2.24) is 0 Å². The van der Waals surface area contributed by atoms with Gasteiger partial charge in [0.25, 0.3) is 0 Å². The van der Waals surface area contributed by atoms with Crippen LogP contribution in [0.1, 0.15) is 24.7 Å². The molecule has 0 aliphatic carbocycles. The number of aliphatic hydroxyl groups excluding tert-OH is 1. The number of nitrogens with two attached hydrogens (primary N) is 1. The maximum absolute atomic E-state index is 9.45. The summed E-state index contributed by atoms with van der Waals surface area (Å²) in [4.78, 5) is 2.19. The fourth-order valence-electron chi connectivity index (χ4n) is 1.74. The molecule has 1 aliphatic heterocycles. The lowest BCUT2D eigenvalue weighted by atomic mass is 10.3. The Morgan fingerprint density at radius 2 is 2.14 bits per heavy atom. The molecular weight excluding hydrogens is 180 g/mol. The normalized spacial score (nSPS) is 18.9. The van der Waals surface area contributed by atoms with Gasteiger partial charge in [0.15, 0.2) is 5.88 Å². The molecule has 1 atom stereocenters. The second kappa shape index (κ2) is 4.02. The first-order valence-electron chi connectivity index (χ1n) is 5.04. The number of rotatable bonds is 3. The van der Waals surface area contributed by atoms with Crippen LogP contribution in [0.2, 0.25) is 0 Å². The van der Waals surface area contributed by atoms with E-state index >= 15 is 0 Å². The van der Waals surface area contributed by atoms with Crippen LogP contribution in [0.25, 0.3) is 0 Å². The minimum absolute atomic E-state index is 0.201. The molecule has 1 aliphatic rings. The highest BCUT2D eigenvalue weighted by molar-refractivity contribution is 5.37. The molecule has 0 spiro atoms. The molecular formula is C10H16N2O2. The zero-order valence-corrected chi connectivity index (χ0v) is 8.15. The van der Waals surface area contributed by atoms with Crippen molar-refractivity contribution in [3.8, 4) is 0 Å². The summed E-state index contributed by atoms with van der Waals surface area (Å²) in [5.41, 5.74) is 5.34. The monoisotopic (exact) mass is 196 g/mol. The average Bonchev–Trinajstić information content (AvgIpc) is 2.86. The molecule has 4 nitrogen and oxygen atoms in total. The fraction of sp³-hybridized carbons (Fsp3) is 0.600. The lowest BCUT2D eigenvalue weighted by molar-refractivity contribution is 0.159. The minimum atomic E-state index is -0.675. The summed E-state index contributed by atoms with van der Waals surface area (Å²) >= 11 is 0. The number of aliphatic hydroxyl groups is 1. The summed E-state index contributed by atoms with van der Waals surface area (Å²) in [6.07, 6.45) is 1.76. The maximum Gasteiger partial charge on any atom is 0.195 e. The van der Waals surface area contributed by atoms with Gasteiger partial charge in [-0.3, -0.25) is 0 Å². The van der Waals surface area contributed by atoms with Crippen molar-refractivity contribution < 1.29 is 9.52 Å². The predicted molar refractivity (Wildman–Crippen MR) is 54.2 cm³/mol. The predicted octanol–water partition coefficient (Wildman–Crippen LogP) is 0.872. The van der Waals surface area contributed by atoms with Gasteiger partial charge in [0.05, 0.1) is 0 Å². The second-order valence-electron chi connectivity index (χ2n) is 3.62. The first kappa shape index (κ1) is 9.55. The van der Waals surface area contributed by atoms with E-state index in [2.05, 4.69) is 4.90 Å². The van der Waals surface area contributed by atoms with Gasteiger partial charge in [0, 0.05) is 25.7 Å². The fourth-order valence-corrected chi connectivity index (χ4v) is 1.74. The zero-order valence-electron chi connectivity index (χ0n) is 8.15. The molecule has 0 radical (unpaired) electrons. The molecule has 2 heterocycles. The standard InChI is InChI=1S/C10H16N2O2/c11-7-8(13)9-3-4-10(14-9)12-5-1-2-6-12/h3-4,8,13H,1-2,5-7,11H2. The van der Waals surface area contributed by atoms with Gasteiger partial charge in [0.2, 0.25) is 0 Å². The van der Waals surface area contributed by atoms with E-state index < -0.39 is 6.10 Å². The van der Waals surface area contributed by atoms with Gasteiger partial charge in [-0.1, -0.05) is 0 Å². The van der Waals surface area contributed by atoms with Gasteiger partial charge < -0.3 is 20.2 Å². The van der Waals surface area contributed by atoms with Crippen molar-refractivity contribution in [2.45, 2.75) is 18.9 Å². The molecule has 4 heteroatoms. The van der Waals surface area contributed by atoms with Crippen LogP contribution in [0.15, 0.2) is 16.5 Å². The Balaban J connectivity index is 2.08. The molecule has 78 valence electrons. The highest BCUT2D eigenvalue weighted by Gasteiger charge is 2.17. The highest BCUT2D eigenvalue weighted by atomic mass is 16.4. The molecule has 0 aromatic carbocycles. The largest absolute Gasteiger partial charge is 0.443 e. The number of hydrogen-bond donors (Lipinski definition) is 2. The van der Waals surface area contributed by atoms with E-state index in [1.165, 1.54) is 12.8 Å². The molecule has 0 saturated carbocycles. The highest BCUT2D eigenvalue weighted by Crippen LogP contribution is 2.25.